The molecule has 0 bridgehead atoms. The van der Waals surface area contributed by atoms with E-state index < -0.39 is 18.4 Å². The van der Waals surface area contributed by atoms with E-state index in [1.54, 1.807) is 0 Å². The molecule has 0 fully saturated rings. The van der Waals surface area contributed by atoms with Crippen molar-refractivity contribution < 1.29 is 13.6 Å². The van der Waals surface area contributed by atoms with Crippen molar-refractivity contribution in [1.82, 2.24) is 0 Å². The Balaban J connectivity index is 4.85. The standard InChI is InChI=1S/C9H20ClO3P/c1-8(2,3)13-14(11,12-7-10)9(4,5)6/h7H2,1-6H3. The topological polar surface area (TPSA) is 35.5 Å². The van der Waals surface area contributed by atoms with Crippen LogP contribution in [0.4, 0.5) is 0 Å². The van der Waals surface area contributed by atoms with Crippen LogP contribution in [0.3, 0.4) is 0 Å². The normalized spacial score (nSPS) is 17.9. The minimum Gasteiger partial charge on any atom is -0.302 e. The lowest BCUT2D eigenvalue weighted by Crippen LogP contribution is -2.26. The van der Waals surface area contributed by atoms with Gasteiger partial charge in [-0.25, -0.2) is 0 Å². The number of halogens is 1. The molecule has 0 aromatic heterocycles. The molecule has 5 heteroatoms. The van der Waals surface area contributed by atoms with Crippen LogP contribution in [0.5, 0.6) is 0 Å². The van der Waals surface area contributed by atoms with E-state index >= 15 is 0 Å². The van der Waals surface area contributed by atoms with Gasteiger partial charge < -0.3 is 4.52 Å². The minimum atomic E-state index is -3.16. The van der Waals surface area contributed by atoms with Crippen molar-refractivity contribution >= 4 is 19.2 Å². The van der Waals surface area contributed by atoms with E-state index in [-0.39, 0.29) is 6.07 Å². The Kier molecular flexibility index (Phi) is 4.67. The maximum Gasteiger partial charge on any atom is 0.337 e. The summed E-state index contributed by atoms with van der Waals surface area (Å²) in [5.41, 5.74) is -0.505. The lowest BCUT2D eigenvalue weighted by atomic mass is 10.2. The smallest absolute Gasteiger partial charge is 0.302 e. The highest BCUT2D eigenvalue weighted by Crippen LogP contribution is 2.61. The molecule has 0 saturated heterocycles. The van der Waals surface area contributed by atoms with Crippen molar-refractivity contribution in [3.63, 3.8) is 0 Å². The first-order valence-corrected chi connectivity index (χ1v) is 6.61. The lowest BCUT2D eigenvalue weighted by molar-refractivity contribution is 0.0922. The first-order chi connectivity index (χ1) is 6.02. The Labute approximate surface area is 91.7 Å². The Morgan fingerprint density at radius 1 is 1.14 bits per heavy atom. The Bertz CT molecular complexity index is 227. The monoisotopic (exact) mass is 242 g/mol. The molecule has 0 radical (unpaired) electrons. The summed E-state index contributed by atoms with van der Waals surface area (Å²) in [5.74, 6) is 0. The van der Waals surface area contributed by atoms with E-state index in [0.717, 1.165) is 0 Å². The van der Waals surface area contributed by atoms with Crippen molar-refractivity contribution in [3.8, 4) is 0 Å². The highest BCUT2D eigenvalue weighted by atomic mass is 35.5. The molecule has 1 unspecified atom stereocenters. The molecule has 0 aliphatic carbocycles. The van der Waals surface area contributed by atoms with Crippen molar-refractivity contribution in [2.45, 2.75) is 52.3 Å². The van der Waals surface area contributed by atoms with Crippen molar-refractivity contribution in [1.29, 1.82) is 0 Å². The summed E-state index contributed by atoms with van der Waals surface area (Å²) in [6, 6.07) is -0.120. The van der Waals surface area contributed by atoms with Gasteiger partial charge in [0.15, 0.2) is 0 Å². The summed E-state index contributed by atoms with van der Waals surface area (Å²) < 4.78 is 22.9. The summed E-state index contributed by atoms with van der Waals surface area (Å²) in [4.78, 5) is 0. The molecular formula is C9H20ClO3P. The van der Waals surface area contributed by atoms with Gasteiger partial charge in [0.05, 0.1) is 10.8 Å². The number of hydrogen-bond acceptors (Lipinski definition) is 3. The fraction of sp³-hybridized carbons (Fsp3) is 1.00. The van der Waals surface area contributed by atoms with Crippen LogP contribution in [0.1, 0.15) is 41.5 Å². The van der Waals surface area contributed by atoms with Gasteiger partial charge in [0.1, 0.15) is 6.07 Å². The quantitative estimate of drug-likeness (QED) is 0.554. The van der Waals surface area contributed by atoms with Gasteiger partial charge >= 0.3 is 7.60 Å². The van der Waals surface area contributed by atoms with Gasteiger partial charge in [-0.1, -0.05) is 11.6 Å². The SMILES string of the molecule is CC(C)(C)OP(=O)(OCCl)C(C)(C)C. The van der Waals surface area contributed by atoms with Gasteiger partial charge in [0.2, 0.25) is 0 Å². The zero-order valence-corrected chi connectivity index (χ0v) is 11.4. The molecular weight excluding hydrogens is 223 g/mol. The number of alkyl halides is 1. The summed E-state index contributed by atoms with van der Waals surface area (Å²) in [7, 11) is -3.16. The second-order valence-electron chi connectivity index (χ2n) is 5.11. The van der Waals surface area contributed by atoms with Crippen LogP contribution in [-0.4, -0.2) is 16.8 Å². The van der Waals surface area contributed by atoms with Gasteiger partial charge in [0.25, 0.3) is 0 Å². The second-order valence-corrected chi connectivity index (χ2v) is 8.11. The van der Waals surface area contributed by atoms with Gasteiger partial charge in [-0.3, -0.25) is 9.09 Å². The maximum atomic E-state index is 12.3. The average Bonchev–Trinajstić information content (AvgIpc) is 1.79. The molecule has 3 nitrogen and oxygen atoms in total. The molecule has 0 N–H and O–H groups in total. The zero-order chi connectivity index (χ0) is 11.6. The fourth-order valence-corrected chi connectivity index (χ4v) is 2.73. The largest absolute Gasteiger partial charge is 0.337 e. The molecule has 0 aliphatic rings. The third-order valence-corrected chi connectivity index (χ3v) is 4.60. The number of rotatable bonds is 3. The molecule has 86 valence electrons. The van der Waals surface area contributed by atoms with Crippen LogP contribution in [0.15, 0.2) is 0 Å². The Morgan fingerprint density at radius 2 is 1.57 bits per heavy atom. The van der Waals surface area contributed by atoms with Crippen molar-refractivity contribution in [3.05, 3.63) is 0 Å². The minimum absolute atomic E-state index is 0.120. The molecule has 0 aromatic carbocycles. The second kappa shape index (κ2) is 4.52. The molecule has 0 heterocycles. The first-order valence-electron chi connectivity index (χ1n) is 4.53. The van der Waals surface area contributed by atoms with Crippen molar-refractivity contribution in [2.75, 3.05) is 6.07 Å². The van der Waals surface area contributed by atoms with E-state index in [1.807, 2.05) is 41.5 Å². The molecule has 14 heavy (non-hydrogen) atoms. The van der Waals surface area contributed by atoms with E-state index in [2.05, 4.69) is 0 Å². The third kappa shape index (κ3) is 4.31. The zero-order valence-electron chi connectivity index (χ0n) is 9.76. The van der Waals surface area contributed by atoms with Crippen molar-refractivity contribution in [2.24, 2.45) is 0 Å². The van der Waals surface area contributed by atoms with Crippen LogP contribution >= 0.6 is 19.2 Å². The molecule has 0 spiro atoms. The van der Waals surface area contributed by atoms with Gasteiger partial charge in [-0.05, 0) is 41.5 Å². The predicted octanol–water partition coefficient (Wildman–Crippen LogP) is 4.01. The molecule has 0 amide bonds. The highest BCUT2D eigenvalue weighted by Gasteiger charge is 2.42. The van der Waals surface area contributed by atoms with E-state index in [9.17, 15) is 4.57 Å². The summed E-state index contributed by atoms with van der Waals surface area (Å²) >= 11 is 5.45. The van der Waals surface area contributed by atoms with Gasteiger partial charge in [0, 0.05) is 0 Å². The summed E-state index contributed by atoms with van der Waals surface area (Å²) in [5, 5.41) is -0.560. The molecule has 0 aromatic rings. The third-order valence-electron chi connectivity index (χ3n) is 1.43. The van der Waals surface area contributed by atoms with Gasteiger partial charge in [-0.2, -0.15) is 0 Å². The van der Waals surface area contributed by atoms with E-state index in [0.29, 0.717) is 0 Å². The van der Waals surface area contributed by atoms with Crippen LogP contribution in [0.2, 0.25) is 0 Å². The van der Waals surface area contributed by atoms with E-state index in [4.69, 9.17) is 20.6 Å². The summed E-state index contributed by atoms with van der Waals surface area (Å²) in [6.07, 6.45) is 0. The van der Waals surface area contributed by atoms with Crippen LogP contribution in [0, 0.1) is 0 Å². The molecule has 0 aliphatic heterocycles. The van der Waals surface area contributed by atoms with Crippen LogP contribution in [-0.2, 0) is 13.6 Å². The number of hydrogen-bond donors (Lipinski definition) is 0. The Hall–Kier alpha value is 0.440. The predicted molar refractivity (Wildman–Crippen MR) is 60.0 cm³/mol. The molecule has 1 atom stereocenters. The average molecular weight is 243 g/mol. The molecule has 0 rings (SSSR count). The molecule has 0 saturated carbocycles. The van der Waals surface area contributed by atoms with E-state index in [1.165, 1.54) is 0 Å². The lowest BCUT2D eigenvalue weighted by Gasteiger charge is -2.34. The first kappa shape index (κ1) is 14.4. The Morgan fingerprint density at radius 3 is 1.79 bits per heavy atom. The van der Waals surface area contributed by atoms with Gasteiger partial charge in [-0.15, -0.1) is 0 Å². The maximum absolute atomic E-state index is 12.3. The highest BCUT2D eigenvalue weighted by molar-refractivity contribution is 7.55. The van der Waals surface area contributed by atoms with Crippen LogP contribution in [0.25, 0.3) is 0 Å². The fourth-order valence-electron chi connectivity index (χ4n) is 0.782. The van der Waals surface area contributed by atoms with Crippen LogP contribution < -0.4 is 0 Å². The summed E-state index contributed by atoms with van der Waals surface area (Å²) in [6.45, 7) is 10.9.